The molecule has 2 fully saturated rings. The van der Waals surface area contributed by atoms with Crippen LogP contribution in [0.1, 0.15) is 52.9 Å². The van der Waals surface area contributed by atoms with Crippen molar-refractivity contribution in [2.24, 2.45) is 5.41 Å². The summed E-state index contributed by atoms with van der Waals surface area (Å²) in [5.74, 6) is 2.67. The van der Waals surface area contributed by atoms with Crippen LogP contribution in [0.3, 0.4) is 0 Å². The van der Waals surface area contributed by atoms with Crippen LogP contribution in [0, 0.1) is 5.41 Å². The van der Waals surface area contributed by atoms with Crippen LogP contribution in [0.2, 0.25) is 0 Å². The predicted octanol–water partition coefficient (Wildman–Crippen LogP) is 3.37. The molecule has 2 aliphatic rings. The minimum atomic E-state index is 0.252. The molecule has 1 N–H and O–H groups in total. The second-order valence-corrected chi connectivity index (χ2v) is 8.78. The van der Waals surface area contributed by atoms with Crippen LogP contribution >= 0.6 is 11.8 Å². The van der Waals surface area contributed by atoms with E-state index in [9.17, 15) is 0 Å². The molecule has 0 amide bonds. The van der Waals surface area contributed by atoms with E-state index in [1.165, 1.54) is 69.8 Å². The van der Waals surface area contributed by atoms with E-state index in [1.807, 2.05) is 0 Å². The van der Waals surface area contributed by atoms with Gasteiger partial charge in [0.2, 0.25) is 0 Å². The lowest BCUT2D eigenvalue weighted by Crippen LogP contribution is -2.51. The van der Waals surface area contributed by atoms with Gasteiger partial charge in [-0.1, -0.05) is 19.3 Å². The van der Waals surface area contributed by atoms with Gasteiger partial charge < -0.3 is 10.2 Å². The number of nitrogens with one attached hydrogen (secondary N) is 1. The lowest BCUT2D eigenvalue weighted by molar-refractivity contribution is 0.100. The maximum atomic E-state index is 3.79. The van der Waals surface area contributed by atoms with Gasteiger partial charge in [-0.25, -0.2) is 0 Å². The number of thioether (sulfide) groups is 1. The summed E-state index contributed by atoms with van der Waals surface area (Å²) in [6.07, 6.45) is 7.19. The van der Waals surface area contributed by atoms with Gasteiger partial charge in [0.05, 0.1) is 0 Å². The first-order chi connectivity index (χ1) is 8.99. The molecule has 0 aromatic carbocycles. The fourth-order valence-electron chi connectivity index (χ4n) is 3.38. The van der Waals surface area contributed by atoms with Crippen molar-refractivity contribution in [1.82, 2.24) is 10.2 Å². The molecule has 3 heteroatoms. The van der Waals surface area contributed by atoms with E-state index in [0.29, 0.717) is 5.41 Å². The van der Waals surface area contributed by atoms with Gasteiger partial charge in [-0.15, -0.1) is 0 Å². The molecule has 2 rings (SSSR count). The molecule has 1 aliphatic carbocycles. The minimum Gasteiger partial charge on any atom is -0.311 e. The molecule has 2 nitrogen and oxygen atoms in total. The van der Waals surface area contributed by atoms with Gasteiger partial charge in [0.25, 0.3) is 0 Å². The molecule has 0 atom stereocenters. The summed E-state index contributed by atoms with van der Waals surface area (Å²) in [5.41, 5.74) is 0.801. The zero-order valence-corrected chi connectivity index (χ0v) is 14.0. The van der Waals surface area contributed by atoms with Crippen LogP contribution in [0.25, 0.3) is 0 Å². The second-order valence-electron chi connectivity index (χ2n) is 7.55. The first kappa shape index (κ1) is 15.7. The van der Waals surface area contributed by atoms with Gasteiger partial charge >= 0.3 is 0 Å². The predicted molar refractivity (Wildman–Crippen MR) is 87.0 cm³/mol. The maximum absolute atomic E-state index is 3.79. The molecule has 0 unspecified atom stereocenters. The van der Waals surface area contributed by atoms with E-state index in [-0.39, 0.29) is 5.54 Å². The van der Waals surface area contributed by atoms with Crippen molar-refractivity contribution >= 4 is 11.8 Å². The Morgan fingerprint density at radius 1 is 1.05 bits per heavy atom. The van der Waals surface area contributed by atoms with Crippen molar-refractivity contribution in [2.45, 2.75) is 58.4 Å². The number of hydrogen-bond acceptors (Lipinski definition) is 3. The monoisotopic (exact) mass is 284 g/mol. The Labute approximate surface area is 124 Å². The molecule has 1 saturated heterocycles. The summed E-state index contributed by atoms with van der Waals surface area (Å²) >= 11 is 2.12. The summed E-state index contributed by atoms with van der Waals surface area (Å²) in [4.78, 5) is 2.73. The average molecular weight is 285 g/mol. The molecule has 19 heavy (non-hydrogen) atoms. The van der Waals surface area contributed by atoms with E-state index in [0.717, 1.165) is 0 Å². The number of nitrogens with zero attached hydrogens (tertiary/aromatic N) is 1. The zero-order chi connectivity index (χ0) is 13.8. The highest BCUT2D eigenvalue weighted by Crippen LogP contribution is 2.37. The van der Waals surface area contributed by atoms with Crippen LogP contribution < -0.4 is 5.32 Å². The Morgan fingerprint density at radius 3 is 2.26 bits per heavy atom. The normalized spacial score (nSPS) is 25.4. The molecular formula is C16H32N2S. The van der Waals surface area contributed by atoms with Gasteiger partial charge in [-0.3, -0.25) is 0 Å². The molecule has 112 valence electrons. The topological polar surface area (TPSA) is 15.3 Å². The van der Waals surface area contributed by atoms with Crippen LogP contribution in [0.5, 0.6) is 0 Å². The van der Waals surface area contributed by atoms with E-state index >= 15 is 0 Å². The first-order valence-electron chi connectivity index (χ1n) is 8.04. The van der Waals surface area contributed by atoms with E-state index < -0.39 is 0 Å². The summed E-state index contributed by atoms with van der Waals surface area (Å²) in [6.45, 7) is 12.0. The molecule has 1 saturated carbocycles. The van der Waals surface area contributed by atoms with Gasteiger partial charge in [0.1, 0.15) is 0 Å². The summed E-state index contributed by atoms with van der Waals surface area (Å²) < 4.78 is 0. The van der Waals surface area contributed by atoms with Crippen molar-refractivity contribution in [3.8, 4) is 0 Å². The SMILES string of the molecule is CC(C)(C)NCC1(CN2CCSCC2)CCCCC1. The van der Waals surface area contributed by atoms with Crippen LogP contribution in [-0.2, 0) is 0 Å². The quantitative estimate of drug-likeness (QED) is 0.852. The first-order valence-corrected chi connectivity index (χ1v) is 9.20. The molecule has 0 aromatic rings. The summed E-state index contributed by atoms with van der Waals surface area (Å²) in [6, 6.07) is 0. The van der Waals surface area contributed by atoms with Crippen molar-refractivity contribution in [1.29, 1.82) is 0 Å². The highest BCUT2D eigenvalue weighted by atomic mass is 32.2. The Balaban J connectivity index is 1.93. The molecule has 1 aliphatic heterocycles. The highest BCUT2D eigenvalue weighted by molar-refractivity contribution is 7.99. The van der Waals surface area contributed by atoms with Gasteiger partial charge in [-0.2, -0.15) is 11.8 Å². The third-order valence-electron chi connectivity index (χ3n) is 4.57. The van der Waals surface area contributed by atoms with Crippen LogP contribution in [-0.4, -0.2) is 48.1 Å². The Kier molecular flexibility index (Phi) is 5.62. The van der Waals surface area contributed by atoms with E-state index in [4.69, 9.17) is 0 Å². The van der Waals surface area contributed by atoms with Crippen molar-refractivity contribution in [2.75, 3.05) is 37.7 Å². The smallest absolute Gasteiger partial charge is 0.00967 e. The Hall–Kier alpha value is 0.270. The average Bonchev–Trinajstić information content (AvgIpc) is 2.38. The van der Waals surface area contributed by atoms with Gasteiger partial charge in [0, 0.05) is 43.2 Å². The molecular weight excluding hydrogens is 252 g/mol. The third kappa shape index (κ3) is 5.28. The van der Waals surface area contributed by atoms with Crippen LogP contribution in [0.4, 0.5) is 0 Å². The Morgan fingerprint density at radius 2 is 1.68 bits per heavy atom. The summed E-state index contributed by atoms with van der Waals surface area (Å²) in [5, 5.41) is 3.79. The number of rotatable bonds is 4. The van der Waals surface area contributed by atoms with E-state index in [1.54, 1.807) is 0 Å². The maximum Gasteiger partial charge on any atom is 0.00967 e. The van der Waals surface area contributed by atoms with Crippen LogP contribution in [0.15, 0.2) is 0 Å². The van der Waals surface area contributed by atoms with Gasteiger partial charge in [0.15, 0.2) is 0 Å². The minimum absolute atomic E-state index is 0.252. The van der Waals surface area contributed by atoms with Gasteiger partial charge in [-0.05, 0) is 39.0 Å². The van der Waals surface area contributed by atoms with Crippen molar-refractivity contribution in [3.63, 3.8) is 0 Å². The number of hydrogen-bond donors (Lipinski definition) is 1. The molecule has 0 radical (unpaired) electrons. The molecule has 1 heterocycles. The highest BCUT2D eigenvalue weighted by Gasteiger charge is 2.34. The van der Waals surface area contributed by atoms with Crippen molar-refractivity contribution in [3.05, 3.63) is 0 Å². The molecule has 0 bridgehead atoms. The second kappa shape index (κ2) is 6.82. The fraction of sp³-hybridized carbons (Fsp3) is 1.00. The third-order valence-corrected chi connectivity index (χ3v) is 5.51. The molecule has 0 spiro atoms. The Bertz CT molecular complexity index is 260. The van der Waals surface area contributed by atoms with Crippen molar-refractivity contribution < 1.29 is 0 Å². The lowest BCUT2D eigenvalue weighted by Gasteiger charge is -2.43. The zero-order valence-electron chi connectivity index (χ0n) is 13.1. The lowest BCUT2D eigenvalue weighted by atomic mass is 9.73. The fourth-order valence-corrected chi connectivity index (χ4v) is 4.36. The standard InChI is InChI=1S/C16H32N2S/c1-15(2,3)17-13-16(7-5-4-6-8-16)14-18-9-11-19-12-10-18/h17H,4-14H2,1-3H3. The molecule has 0 aromatic heterocycles. The van der Waals surface area contributed by atoms with E-state index in [2.05, 4.69) is 42.7 Å². The largest absolute Gasteiger partial charge is 0.311 e. The summed E-state index contributed by atoms with van der Waals surface area (Å²) in [7, 11) is 0.